The van der Waals surface area contributed by atoms with E-state index in [1.165, 1.54) is 38.9 Å². The van der Waals surface area contributed by atoms with Crippen LogP contribution in [0.1, 0.15) is 365 Å². The summed E-state index contributed by atoms with van der Waals surface area (Å²) in [7, 11) is 0. The summed E-state index contributed by atoms with van der Waals surface area (Å²) < 4.78 is 12.9. The summed E-state index contributed by atoms with van der Waals surface area (Å²) in [4.78, 5) is 49.8. The van der Waals surface area contributed by atoms with Crippen molar-refractivity contribution in [1.82, 2.24) is 5.32 Å². The van der Waals surface area contributed by atoms with Crippen LogP contribution >= 0.6 is 0 Å². The van der Waals surface area contributed by atoms with Crippen LogP contribution in [0, 0.1) is 70.4 Å². The highest BCUT2D eigenvalue weighted by Gasteiger charge is 2.64. The van der Waals surface area contributed by atoms with E-state index in [0.29, 0.717) is 37.2 Å². The molecular weight excluding hydrogens is 1360 g/mol. The highest BCUT2D eigenvalue weighted by molar-refractivity contribution is 6.02. The number of para-hydroxylation sites is 1. The zero-order valence-electron chi connectivity index (χ0n) is 79.2. The van der Waals surface area contributed by atoms with Crippen LogP contribution in [-0.2, 0) is 66.8 Å². The van der Waals surface area contributed by atoms with E-state index in [2.05, 4.69) is 333 Å². The number of aliphatic hydroxyl groups is 1. The van der Waals surface area contributed by atoms with Crippen LogP contribution < -0.4 is 10.1 Å². The molecule has 2 N–H and O–H groups in total. The maximum Gasteiger partial charge on any atom is 0.227 e. The van der Waals surface area contributed by atoms with Crippen LogP contribution in [0.2, 0.25) is 0 Å². The first-order valence-electron chi connectivity index (χ1n) is 42.6. The van der Waals surface area contributed by atoms with Gasteiger partial charge in [0.25, 0.3) is 0 Å². The Bertz CT molecular complexity index is 3810. The van der Waals surface area contributed by atoms with Crippen molar-refractivity contribution in [3.8, 4) is 5.75 Å². The summed E-state index contributed by atoms with van der Waals surface area (Å²) in [5, 5.41) is 13.8. The lowest BCUT2D eigenvalue weighted by Crippen LogP contribution is -2.58. The number of Topliss-reactive ketones (excluding diaryl/α,β-unsaturated/α-hetero) is 3. The highest BCUT2D eigenvalue weighted by Crippen LogP contribution is 2.64. The molecule has 5 aromatic rings. The Kier molecular flexibility index (Phi) is 31.4. The normalized spacial score (nSPS) is 19.2. The van der Waals surface area contributed by atoms with E-state index in [0.717, 1.165) is 42.9 Å². The van der Waals surface area contributed by atoms with E-state index in [1.54, 1.807) is 0 Å². The molecule has 0 bridgehead atoms. The molecule has 3 aliphatic heterocycles. The molecule has 1 unspecified atom stereocenters. The smallest absolute Gasteiger partial charge is 0.227 e. The van der Waals surface area contributed by atoms with Crippen molar-refractivity contribution in [2.24, 2.45) is 70.4 Å². The van der Waals surface area contributed by atoms with Gasteiger partial charge in [-0.2, -0.15) is 0 Å². The number of ether oxygens (including phenoxy) is 2. The van der Waals surface area contributed by atoms with Crippen LogP contribution in [0.15, 0.2) is 121 Å². The number of carbonyl (C=O) groups is 4. The summed E-state index contributed by atoms with van der Waals surface area (Å²) in [6.07, 6.45) is 3.61. The van der Waals surface area contributed by atoms with E-state index in [1.807, 2.05) is 84.0 Å². The number of nitrogens with one attached hydrogen (secondary N) is 1. The van der Waals surface area contributed by atoms with Crippen molar-refractivity contribution in [1.29, 1.82) is 0 Å². The van der Waals surface area contributed by atoms with E-state index in [4.69, 9.17) is 9.47 Å². The number of rotatable bonds is 0. The lowest BCUT2D eigenvalue weighted by atomic mass is 9.50. The molecule has 8 nitrogen and oxygen atoms in total. The zero-order chi connectivity index (χ0) is 86.6. The molecule has 624 valence electrons. The molecule has 6 aliphatic rings. The quantitative estimate of drug-likeness (QED) is 0.158. The molecule has 1 fully saturated rings. The van der Waals surface area contributed by atoms with Crippen LogP contribution in [0.3, 0.4) is 0 Å². The van der Waals surface area contributed by atoms with Gasteiger partial charge in [-0.1, -0.05) is 406 Å². The van der Waals surface area contributed by atoms with Crippen molar-refractivity contribution < 1.29 is 33.8 Å². The fourth-order valence-corrected chi connectivity index (χ4v) is 23.1. The van der Waals surface area contributed by atoms with Gasteiger partial charge >= 0.3 is 0 Å². The van der Waals surface area contributed by atoms with E-state index in [9.17, 15) is 24.3 Å². The Hall–Kier alpha value is -5.70. The lowest BCUT2D eigenvalue weighted by molar-refractivity contribution is -0.180. The van der Waals surface area contributed by atoms with Gasteiger partial charge in [-0.3, -0.25) is 19.2 Å². The topological polar surface area (TPSA) is 119 Å². The molecule has 0 saturated carbocycles. The fraction of sp³-hybridized carbons (Fsp3) is 0.670. The molecule has 3 aliphatic carbocycles. The van der Waals surface area contributed by atoms with Crippen LogP contribution in [0.4, 0.5) is 0 Å². The van der Waals surface area contributed by atoms with Crippen molar-refractivity contribution in [3.63, 3.8) is 0 Å². The maximum atomic E-state index is 12.8. The summed E-state index contributed by atoms with van der Waals surface area (Å²) in [5.41, 5.74) is 9.45. The van der Waals surface area contributed by atoms with Gasteiger partial charge in [-0.15, -0.1) is 0 Å². The molecule has 8 heteroatoms. The molecule has 0 spiro atoms. The third-order valence-corrected chi connectivity index (χ3v) is 26.0. The first kappa shape index (κ1) is 99.5. The predicted molar refractivity (Wildman–Crippen MR) is 475 cm³/mol. The average Bonchev–Trinajstić information content (AvgIpc) is 1.58. The Morgan fingerprint density at radius 3 is 1.14 bits per heavy atom. The Labute approximate surface area is 682 Å². The third-order valence-electron chi connectivity index (χ3n) is 26.0. The number of hydrogen-bond donors (Lipinski definition) is 2. The average molecular weight is 1530 g/mol. The van der Waals surface area contributed by atoms with Crippen molar-refractivity contribution in [3.05, 3.63) is 171 Å². The summed E-state index contributed by atoms with van der Waals surface area (Å²) in [6.45, 7) is 93.5. The Morgan fingerprint density at radius 1 is 0.369 bits per heavy atom. The minimum Gasteiger partial charge on any atom is -0.485 e. The van der Waals surface area contributed by atoms with Gasteiger partial charge in [0.1, 0.15) is 28.5 Å². The number of amides is 1. The predicted octanol–water partition coefficient (Wildman–Crippen LogP) is 27.3. The van der Waals surface area contributed by atoms with Crippen molar-refractivity contribution in [2.75, 3.05) is 6.54 Å². The minimum absolute atomic E-state index is 0.0197. The monoisotopic (exact) mass is 1530 g/mol. The van der Waals surface area contributed by atoms with Gasteiger partial charge in [0.2, 0.25) is 5.91 Å². The van der Waals surface area contributed by atoms with Crippen LogP contribution in [0.25, 0.3) is 0 Å². The molecule has 0 radical (unpaired) electrons. The Balaban J connectivity index is 0.000000341. The van der Waals surface area contributed by atoms with Gasteiger partial charge in [0.15, 0.2) is 5.78 Å². The molecule has 1 amide bonds. The largest absolute Gasteiger partial charge is 0.485 e. The summed E-state index contributed by atoms with van der Waals surface area (Å²) >= 11 is 0. The number of fused-ring (bicyclic) bond motifs is 5. The summed E-state index contributed by atoms with van der Waals surface area (Å²) in [6, 6.07) is 41.6. The molecule has 1 saturated heterocycles. The summed E-state index contributed by atoms with van der Waals surface area (Å²) in [5.74, 6) is 2.04. The van der Waals surface area contributed by atoms with Crippen LogP contribution in [0.5, 0.6) is 5.75 Å². The SMILES string of the molecule is CC.CC.CC.CC(C)(C)C1(C(C)(C)C)C(=O)Cc2ccccc21.CC(C)(C)C1(C(C)(C)C)CC(=O)Cc2ccccc2O1.CC(C)(C)C1(C(C)(C)C)CC(=O)c2ccccc21.CC(C)(C)C1(C(C)(C)C)CCNC1=O.CC(C)(C)C1(C(C)(C)C)OCc2ccccc21.CC(C)(C)C1(C(C)(C)C)c2ccccc2CC1O. The lowest BCUT2D eigenvalue weighted by Gasteiger charge is -2.54. The minimum atomic E-state index is -0.496. The molecule has 11 rings (SSSR count). The number of aliphatic hydroxyl groups excluding tert-OH is 1. The van der Waals surface area contributed by atoms with Gasteiger partial charge in [-0.05, 0) is 112 Å². The number of benzene rings is 5. The molecule has 3 heterocycles. The van der Waals surface area contributed by atoms with Gasteiger partial charge < -0.3 is 19.9 Å². The van der Waals surface area contributed by atoms with Crippen molar-refractivity contribution in [2.45, 2.75) is 369 Å². The zero-order valence-corrected chi connectivity index (χ0v) is 79.2. The first-order valence-corrected chi connectivity index (χ1v) is 42.6. The van der Waals surface area contributed by atoms with Crippen LogP contribution in [-0.4, -0.2) is 46.6 Å². The van der Waals surface area contributed by atoms with Gasteiger partial charge in [-0.25, -0.2) is 0 Å². The molecule has 111 heavy (non-hydrogen) atoms. The van der Waals surface area contributed by atoms with Gasteiger partial charge in [0, 0.05) is 65.0 Å². The van der Waals surface area contributed by atoms with E-state index < -0.39 is 5.60 Å². The second-order valence-electron chi connectivity index (χ2n) is 44.2. The second-order valence-corrected chi connectivity index (χ2v) is 44.2. The second kappa shape index (κ2) is 35.0. The first-order chi connectivity index (χ1) is 50.2. The van der Waals surface area contributed by atoms with E-state index >= 15 is 0 Å². The molecule has 1 atom stereocenters. The number of ketones is 3. The fourth-order valence-electron chi connectivity index (χ4n) is 23.1. The number of carbonyl (C=O) groups excluding carboxylic acids is 4. The molecule has 5 aromatic carbocycles. The molecular formula is C103H165NO7. The Morgan fingerprint density at radius 2 is 0.748 bits per heavy atom. The molecule has 0 aromatic heterocycles. The van der Waals surface area contributed by atoms with Gasteiger partial charge in [0.05, 0.1) is 23.5 Å². The standard InChI is InChI=1S/C18H26O2.C17H24O.C17H26O.C17H24O.C16H24O.C12H23NO.3C2H6/c1-16(2,3)18(17(4,5)6)12-14(19)11-13-9-7-8-10-15(13)20-18;1-15(2,3)17(16(4,5)6)11-14(18)12-9-7-8-10-13(12)17;2*1-15(2,3)17(16(4,5)6)13-10-8-7-9-12(13)11-14(17)18;1-14(2,3)16(15(4,5)6)13-10-8-7-9-12(13)11-17-16;1-10(2,3)12(11(4,5)6)7-8-13-9(12)14;3*1-2/h7-10H,11-12H2,1-6H3;7-10H,11H2,1-6H3;7-10,14,18H,11H2,1-6H3;7-10H,11H2,1-6H3;7-10H,11H2,1-6H3;7-8H2,1-6H3,(H,13,14);3*1-2H3. The van der Waals surface area contributed by atoms with E-state index in [-0.39, 0.29) is 110 Å². The number of hydrogen-bond acceptors (Lipinski definition) is 7. The van der Waals surface area contributed by atoms with Crippen molar-refractivity contribution >= 4 is 23.3 Å². The highest BCUT2D eigenvalue weighted by atomic mass is 16.5. The third kappa shape index (κ3) is 18.4. The maximum absolute atomic E-state index is 12.8.